The van der Waals surface area contributed by atoms with Gasteiger partial charge in [0.05, 0.1) is 0 Å². The van der Waals surface area contributed by atoms with Crippen molar-refractivity contribution in [1.29, 1.82) is 0 Å². The van der Waals surface area contributed by atoms with Crippen molar-refractivity contribution in [3.63, 3.8) is 0 Å². The lowest BCUT2D eigenvalue weighted by Crippen LogP contribution is -2.25. The molecule has 2 rings (SSSR count). The number of carbonyl (C=O) groups excluding carboxylic acids is 1. The topological polar surface area (TPSA) is 63.6 Å². The van der Waals surface area contributed by atoms with E-state index in [4.69, 9.17) is 9.84 Å². The summed E-state index contributed by atoms with van der Waals surface area (Å²) < 4.78 is 5.14. The van der Waals surface area contributed by atoms with Crippen LogP contribution in [0.3, 0.4) is 0 Å². The molecule has 4 heteroatoms. The van der Waals surface area contributed by atoms with Crippen molar-refractivity contribution >= 4 is 11.9 Å². The molecule has 0 aliphatic carbocycles. The van der Waals surface area contributed by atoms with Gasteiger partial charge in [0.2, 0.25) is 0 Å². The van der Waals surface area contributed by atoms with E-state index < -0.39 is 11.9 Å². The molecule has 1 heterocycles. The van der Waals surface area contributed by atoms with Crippen molar-refractivity contribution in [2.75, 3.05) is 0 Å². The first kappa shape index (κ1) is 11.4. The molecule has 1 aromatic rings. The number of benzene rings is 1. The van der Waals surface area contributed by atoms with Crippen LogP contribution in [0.4, 0.5) is 0 Å². The van der Waals surface area contributed by atoms with Crippen LogP contribution in [-0.2, 0) is 14.3 Å². The second-order valence-corrected chi connectivity index (χ2v) is 3.97. The molecule has 1 N–H and O–H groups in total. The summed E-state index contributed by atoms with van der Waals surface area (Å²) in [5, 5.41) is 8.88. The smallest absolute Gasteiger partial charge is 0.346 e. The van der Waals surface area contributed by atoms with Crippen molar-refractivity contribution in [3.8, 4) is 0 Å². The molecule has 0 saturated heterocycles. The lowest BCUT2D eigenvalue weighted by Gasteiger charge is -2.24. The van der Waals surface area contributed by atoms with Gasteiger partial charge in [-0.15, -0.1) is 0 Å². The molecule has 17 heavy (non-hydrogen) atoms. The van der Waals surface area contributed by atoms with E-state index in [1.54, 1.807) is 6.92 Å². The predicted octanol–water partition coefficient (Wildman–Crippen LogP) is 2.08. The number of carboxylic acid groups (broad SMARTS) is 1. The van der Waals surface area contributed by atoms with Gasteiger partial charge in [0.1, 0.15) is 11.7 Å². The lowest BCUT2D eigenvalue weighted by molar-refractivity contribution is -0.150. The standard InChI is InChI=1S/C13H12O4/c1-8-7-10(9-5-3-2-4-6-9)17-13(16)11(8)12(14)15/h2-6,10H,7H2,1H3,(H,14,15). The Kier molecular flexibility index (Phi) is 2.95. The van der Waals surface area contributed by atoms with Gasteiger partial charge in [-0.1, -0.05) is 30.3 Å². The Morgan fingerprint density at radius 3 is 2.53 bits per heavy atom. The van der Waals surface area contributed by atoms with Crippen LogP contribution in [0.5, 0.6) is 0 Å². The maximum atomic E-state index is 11.6. The van der Waals surface area contributed by atoms with Gasteiger partial charge in [-0.3, -0.25) is 0 Å². The second kappa shape index (κ2) is 4.41. The molecule has 0 spiro atoms. The number of esters is 1. The van der Waals surface area contributed by atoms with Crippen LogP contribution in [0.15, 0.2) is 41.5 Å². The third-order valence-corrected chi connectivity index (χ3v) is 2.76. The fourth-order valence-corrected chi connectivity index (χ4v) is 1.91. The van der Waals surface area contributed by atoms with Crippen LogP contribution in [-0.4, -0.2) is 17.0 Å². The fourth-order valence-electron chi connectivity index (χ4n) is 1.91. The van der Waals surface area contributed by atoms with Crippen LogP contribution < -0.4 is 0 Å². The summed E-state index contributed by atoms with van der Waals surface area (Å²) in [6.07, 6.45) is 0.0454. The molecule has 0 aromatic heterocycles. The molecule has 88 valence electrons. The highest BCUT2D eigenvalue weighted by Gasteiger charge is 2.31. The highest BCUT2D eigenvalue weighted by Crippen LogP contribution is 2.31. The molecule has 1 atom stereocenters. The van der Waals surface area contributed by atoms with Crippen LogP contribution >= 0.6 is 0 Å². The Bertz CT molecular complexity index is 487. The average Bonchev–Trinajstić information content (AvgIpc) is 2.28. The number of aliphatic carboxylic acids is 1. The quantitative estimate of drug-likeness (QED) is 0.626. The Balaban J connectivity index is 2.30. The van der Waals surface area contributed by atoms with Crippen LogP contribution in [0.1, 0.15) is 25.0 Å². The van der Waals surface area contributed by atoms with Gasteiger partial charge >= 0.3 is 11.9 Å². The summed E-state index contributed by atoms with van der Waals surface area (Å²) >= 11 is 0. The van der Waals surface area contributed by atoms with Crippen LogP contribution in [0.2, 0.25) is 0 Å². The highest BCUT2D eigenvalue weighted by atomic mass is 16.5. The predicted molar refractivity (Wildman–Crippen MR) is 60.2 cm³/mol. The SMILES string of the molecule is CC1=C(C(=O)O)C(=O)OC(c2ccccc2)C1. The first-order valence-corrected chi connectivity index (χ1v) is 5.28. The summed E-state index contributed by atoms with van der Waals surface area (Å²) in [7, 11) is 0. The van der Waals surface area contributed by atoms with E-state index >= 15 is 0 Å². The number of rotatable bonds is 2. The number of hydrogen-bond donors (Lipinski definition) is 1. The number of carbonyl (C=O) groups is 2. The zero-order valence-electron chi connectivity index (χ0n) is 9.34. The molecule has 0 fully saturated rings. The molecule has 1 aliphatic rings. The van der Waals surface area contributed by atoms with E-state index in [1.807, 2.05) is 30.3 Å². The molecule has 0 saturated carbocycles. The lowest BCUT2D eigenvalue weighted by atomic mass is 9.96. The second-order valence-electron chi connectivity index (χ2n) is 3.97. The van der Waals surface area contributed by atoms with Gasteiger partial charge < -0.3 is 9.84 Å². The molecule has 1 aliphatic heterocycles. The third-order valence-electron chi connectivity index (χ3n) is 2.76. The molecular weight excluding hydrogens is 220 g/mol. The van der Waals surface area contributed by atoms with Crippen molar-refractivity contribution in [2.45, 2.75) is 19.4 Å². The van der Waals surface area contributed by atoms with Gasteiger partial charge in [0.25, 0.3) is 0 Å². The summed E-state index contributed by atoms with van der Waals surface area (Å²) in [6.45, 7) is 1.65. The minimum atomic E-state index is -1.22. The van der Waals surface area contributed by atoms with E-state index in [1.165, 1.54) is 0 Å². The van der Waals surface area contributed by atoms with Crippen molar-refractivity contribution in [3.05, 3.63) is 47.0 Å². The molecule has 4 nitrogen and oxygen atoms in total. The van der Waals surface area contributed by atoms with Crippen LogP contribution in [0.25, 0.3) is 0 Å². The van der Waals surface area contributed by atoms with Crippen molar-refractivity contribution in [2.24, 2.45) is 0 Å². The molecular formula is C13H12O4. The molecule has 0 amide bonds. The minimum Gasteiger partial charge on any atom is -0.477 e. The van der Waals surface area contributed by atoms with E-state index in [-0.39, 0.29) is 11.7 Å². The fraction of sp³-hybridized carbons (Fsp3) is 0.231. The Morgan fingerprint density at radius 1 is 1.35 bits per heavy atom. The Morgan fingerprint density at radius 2 is 2.00 bits per heavy atom. The highest BCUT2D eigenvalue weighted by molar-refractivity contribution is 6.14. The monoisotopic (exact) mass is 232 g/mol. The van der Waals surface area contributed by atoms with Crippen LogP contribution in [0, 0.1) is 0 Å². The molecule has 1 unspecified atom stereocenters. The Hall–Kier alpha value is -2.10. The first-order valence-electron chi connectivity index (χ1n) is 5.28. The maximum absolute atomic E-state index is 11.6. The number of hydrogen-bond acceptors (Lipinski definition) is 3. The molecule has 0 radical (unpaired) electrons. The Labute approximate surface area is 98.5 Å². The van der Waals surface area contributed by atoms with E-state index in [0.29, 0.717) is 12.0 Å². The average molecular weight is 232 g/mol. The van der Waals surface area contributed by atoms with Gasteiger partial charge in [-0.25, -0.2) is 9.59 Å². The van der Waals surface area contributed by atoms with Gasteiger partial charge in [-0.2, -0.15) is 0 Å². The van der Waals surface area contributed by atoms with Gasteiger partial charge in [0.15, 0.2) is 0 Å². The van der Waals surface area contributed by atoms with Crippen molar-refractivity contribution < 1.29 is 19.4 Å². The molecule has 1 aromatic carbocycles. The number of carboxylic acids is 1. The largest absolute Gasteiger partial charge is 0.477 e. The minimum absolute atomic E-state index is 0.239. The zero-order chi connectivity index (χ0) is 12.4. The molecule has 0 bridgehead atoms. The maximum Gasteiger partial charge on any atom is 0.346 e. The summed E-state index contributed by atoms with van der Waals surface area (Å²) in [6, 6.07) is 9.30. The third kappa shape index (κ3) is 2.20. The first-order chi connectivity index (χ1) is 8.09. The zero-order valence-corrected chi connectivity index (χ0v) is 9.34. The van der Waals surface area contributed by atoms with E-state index in [0.717, 1.165) is 5.56 Å². The number of ether oxygens (including phenoxy) is 1. The number of cyclic esters (lactones) is 1. The van der Waals surface area contributed by atoms with Gasteiger partial charge in [-0.05, 0) is 18.1 Å². The normalized spacial score (nSPS) is 20.1. The summed E-state index contributed by atoms with van der Waals surface area (Å²) in [5.41, 5.74) is 1.20. The van der Waals surface area contributed by atoms with Gasteiger partial charge in [0, 0.05) is 6.42 Å². The summed E-state index contributed by atoms with van der Waals surface area (Å²) in [5.74, 6) is -1.98. The van der Waals surface area contributed by atoms with E-state index in [2.05, 4.69) is 0 Å². The van der Waals surface area contributed by atoms with E-state index in [9.17, 15) is 9.59 Å². The van der Waals surface area contributed by atoms with Crippen molar-refractivity contribution in [1.82, 2.24) is 0 Å². The summed E-state index contributed by atoms with van der Waals surface area (Å²) in [4.78, 5) is 22.4.